The molecule has 3 rings (SSSR count). The standard InChI is InChI=1S/C23H23N3O2S/c1-15(2)22(28)24-18-10-12-19(13-11-18)25-23(29)26-21(27)14-17-8-5-7-16-6-3-4-9-20(16)17/h3-13,15H,14H2,1-2H3,(H,24,28)(H2,25,26,27,29). The van der Waals surface area contributed by atoms with Gasteiger partial charge in [-0.2, -0.15) is 0 Å². The van der Waals surface area contributed by atoms with Crippen LogP contribution in [0, 0.1) is 5.92 Å². The van der Waals surface area contributed by atoms with Gasteiger partial charge in [-0.3, -0.25) is 9.59 Å². The van der Waals surface area contributed by atoms with E-state index >= 15 is 0 Å². The zero-order chi connectivity index (χ0) is 20.8. The molecule has 0 radical (unpaired) electrons. The first-order valence-electron chi connectivity index (χ1n) is 9.41. The van der Waals surface area contributed by atoms with E-state index in [0.29, 0.717) is 5.69 Å². The molecule has 0 aromatic heterocycles. The first-order chi connectivity index (χ1) is 13.9. The molecule has 5 nitrogen and oxygen atoms in total. The van der Waals surface area contributed by atoms with E-state index in [1.165, 1.54) is 0 Å². The molecule has 0 fully saturated rings. The molecule has 6 heteroatoms. The molecule has 2 amide bonds. The molecule has 0 aliphatic heterocycles. The highest BCUT2D eigenvalue weighted by Gasteiger charge is 2.10. The predicted molar refractivity (Wildman–Crippen MR) is 122 cm³/mol. The quantitative estimate of drug-likeness (QED) is 0.547. The Balaban J connectivity index is 1.56. The summed E-state index contributed by atoms with van der Waals surface area (Å²) in [6.45, 7) is 3.68. The predicted octanol–water partition coefficient (Wildman–Crippen LogP) is 4.49. The maximum atomic E-state index is 12.4. The van der Waals surface area contributed by atoms with Gasteiger partial charge in [0, 0.05) is 17.3 Å². The van der Waals surface area contributed by atoms with Crippen LogP contribution in [0.5, 0.6) is 0 Å². The first-order valence-corrected chi connectivity index (χ1v) is 9.81. The average molecular weight is 406 g/mol. The van der Waals surface area contributed by atoms with E-state index in [-0.39, 0.29) is 29.3 Å². The van der Waals surface area contributed by atoms with Gasteiger partial charge in [-0.1, -0.05) is 56.3 Å². The monoisotopic (exact) mass is 405 g/mol. The van der Waals surface area contributed by atoms with Crippen LogP contribution in [0.3, 0.4) is 0 Å². The minimum atomic E-state index is -0.181. The third kappa shape index (κ3) is 5.62. The second-order valence-electron chi connectivity index (χ2n) is 7.04. The molecule has 0 saturated heterocycles. The highest BCUT2D eigenvalue weighted by molar-refractivity contribution is 7.80. The van der Waals surface area contributed by atoms with Gasteiger partial charge in [0.25, 0.3) is 0 Å². The number of hydrogen-bond acceptors (Lipinski definition) is 3. The second kappa shape index (κ2) is 9.30. The van der Waals surface area contributed by atoms with Crippen molar-refractivity contribution in [1.82, 2.24) is 5.32 Å². The second-order valence-corrected chi connectivity index (χ2v) is 7.45. The fourth-order valence-electron chi connectivity index (χ4n) is 2.88. The summed E-state index contributed by atoms with van der Waals surface area (Å²) in [4.78, 5) is 24.1. The Labute approximate surface area is 175 Å². The zero-order valence-electron chi connectivity index (χ0n) is 16.4. The number of carbonyl (C=O) groups excluding carboxylic acids is 2. The number of amides is 2. The molecule has 0 aliphatic carbocycles. The van der Waals surface area contributed by atoms with Crippen LogP contribution in [0.1, 0.15) is 19.4 Å². The molecule has 3 aromatic carbocycles. The van der Waals surface area contributed by atoms with Crippen molar-refractivity contribution in [2.75, 3.05) is 10.6 Å². The van der Waals surface area contributed by atoms with Gasteiger partial charge in [0.15, 0.2) is 5.11 Å². The number of benzene rings is 3. The van der Waals surface area contributed by atoms with E-state index in [2.05, 4.69) is 16.0 Å². The van der Waals surface area contributed by atoms with Crippen molar-refractivity contribution in [3.8, 4) is 0 Å². The van der Waals surface area contributed by atoms with Gasteiger partial charge in [0.1, 0.15) is 0 Å². The largest absolute Gasteiger partial charge is 0.332 e. The first kappa shape index (κ1) is 20.5. The molecule has 0 atom stereocenters. The van der Waals surface area contributed by atoms with Crippen LogP contribution >= 0.6 is 12.2 Å². The number of anilines is 2. The smallest absolute Gasteiger partial charge is 0.230 e. The van der Waals surface area contributed by atoms with Gasteiger partial charge < -0.3 is 16.0 Å². The molecule has 3 aromatic rings. The van der Waals surface area contributed by atoms with Crippen LogP contribution in [0.15, 0.2) is 66.7 Å². The van der Waals surface area contributed by atoms with Gasteiger partial charge in [-0.05, 0) is 52.8 Å². The molecule has 0 unspecified atom stereocenters. The Kier molecular flexibility index (Phi) is 6.57. The van der Waals surface area contributed by atoms with Crippen LogP contribution in [0.25, 0.3) is 10.8 Å². The number of nitrogens with one attached hydrogen (secondary N) is 3. The van der Waals surface area contributed by atoms with E-state index < -0.39 is 0 Å². The van der Waals surface area contributed by atoms with Crippen molar-refractivity contribution in [2.45, 2.75) is 20.3 Å². The zero-order valence-corrected chi connectivity index (χ0v) is 17.2. The molecule has 0 spiro atoms. The molecule has 0 bridgehead atoms. The summed E-state index contributed by atoms with van der Waals surface area (Å²) in [5.74, 6) is -0.307. The maximum Gasteiger partial charge on any atom is 0.230 e. The number of carbonyl (C=O) groups is 2. The van der Waals surface area contributed by atoms with Crippen LogP contribution in [-0.2, 0) is 16.0 Å². The Morgan fingerprint density at radius 3 is 2.17 bits per heavy atom. The lowest BCUT2D eigenvalue weighted by Crippen LogP contribution is -2.35. The molecule has 0 aliphatic rings. The Morgan fingerprint density at radius 2 is 1.48 bits per heavy atom. The highest BCUT2D eigenvalue weighted by atomic mass is 32.1. The number of thiocarbonyl (C=S) groups is 1. The summed E-state index contributed by atoms with van der Waals surface area (Å²) in [6, 6.07) is 21.0. The van der Waals surface area contributed by atoms with E-state index in [4.69, 9.17) is 12.2 Å². The van der Waals surface area contributed by atoms with Crippen molar-refractivity contribution in [3.05, 3.63) is 72.3 Å². The fraction of sp³-hybridized carbons (Fsp3) is 0.174. The summed E-state index contributed by atoms with van der Waals surface area (Å²) < 4.78 is 0. The SMILES string of the molecule is CC(C)C(=O)Nc1ccc(NC(=S)NC(=O)Cc2cccc3ccccc23)cc1. The summed E-state index contributed by atoms with van der Waals surface area (Å²) in [5, 5.41) is 10.9. The summed E-state index contributed by atoms with van der Waals surface area (Å²) >= 11 is 5.25. The van der Waals surface area contributed by atoms with Crippen molar-refractivity contribution in [2.24, 2.45) is 5.92 Å². The average Bonchev–Trinajstić information content (AvgIpc) is 2.69. The third-order valence-electron chi connectivity index (χ3n) is 4.42. The lowest BCUT2D eigenvalue weighted by molar-refractivity contribution is -0.119. The number of hydrogen-bond donors (Lipinski definition) is 3. The minimum absolute atomic E-state index is 0.0399. The normalized spacial score (nSPS) is 10.6. The summed E-state index contributed by atoms with van der Waals surface area (Å²) in [5.41, 5.74) is 2.39. The van der Waals surface area contributed by atoms with E-state index in [1.54, 1.807) is 24.3 Å². The Hall–Kier alpha value is -3.25. The summed E-state index contributed by atoms with van der Waals surface area (Å²) in [6.07, 6.45) is 0.239. The topological polar surface area (TPSA) is 70.2 Å². The van der Waals surface area contributed by atoms with Gasteiger partial charge in [0.05, 0.1) is 6.42 Å². The maximum absolute atomic E-state index is 12.4. The summed E-state index contributed by atoms with van der Waals surface area (Å²) in [7, 11) is 0. The number of rotatable bonds is 5. The Morgan fingerprint density at radius 1 is 0.862 bits per heavy atom. The molecule has 3 N–H and O–H groups in total. The van der Waals surface area contributed by atoms with Crippen molar-refractivity contribution in [3.63, 3.8) is 0 Å². The fourth-order valence-corrected chi connectivity index (χ4v) is 3.11. The molecular formula is C23H23N3O2S. The van der Waals surface area contributed by atoms with Gasteiger partial charge in [-0.25, -0.2) is 0 Å². The Bertz CT molecular complexity index is 1040. The van der Waals surface area contributed by atoms with E-state index in [1.807, 2.05) is 56.3 Å². The van der Waals surface area contributed by atoms with E-state index in [0.717, 1.165) is 22.0 Å². The van der Waals surface area contributed by atoms with Crippen molar-refractivity contribution in [1.29, 1.82) is 0 Å². The van der Waals surface area contributed by atoms with Gasteiger partial charge in [-0.15, -0.1) is 0 Å². The van der Waals surface area contributed by atoms with Crippen LogP contribution in [0.2, 0.25) is 0 Å². The van der Waals surface area contributed by atoms with E-state index in [9.17, 15) is 9.59 Å². The lowest BCUT2D eigenvalue weighted by Gasteiger charge is -2.12. The van der Waals surface area contributed by atoms with Crippen LogP contribution < -0.4 is 16.0 Å². The van der Waals surface area contributed by atoms with Crippen LogP contribution in [-0.4, -0.2) is 16.9 Å². The lowest BCUT2D eigenvalue weighted by atomic mass is 10.0. The highest BCUT2D eigenvalue weighted by Crippen LogP contribution is 2.19. The van der Waals surface area contributed by atoms with Crippen molar-refractivity contribution >= 4 is 51.3 Å². The molecule has 0 heterocycles. The molecule has 29 heavy (non-hydrogen) atoms. The van der Waals surface area contributed by atoms with Crippen LogP contribution in [0.4, 0.5) is 11.4 Å². The third-order valence-corrected chi connectivity index (χ3v) is 4.62. The van der Waals surface area contributed by atoms with Gasteiger partial charge in [0.2, 0.25) is 11.8 Å². The van der Waals surface area contributed by atoms with Gasteiger partial charge >= 0.3 is 0 Å². The number of fused-ring (bicyclic) bond motifs is 1. The molecule has 148 valence electrons. The molecular weight excluding hydrogens is 382 g/mol. The molecule has 0 saturated carbocycles. The van der Waals surface area contributed by atoms with Crippen molar-refractivity contribution < 1.29 is 9.59 Å². The minimum Gasteiger partial charge on any atom is -0.332 e.